The van der Waals surface area contributed by atoms with Crippen molar-refractivity contribution in [3.8, 4) is 0 Å². The minimum absolute atomic E-state index is 0.00662. The highest BCUT2D eigenvalue weighted by Crippen LogP contribution is 2.14. The molecule has 1 rings (SSSR count). The Morgan fingerprint density at radius 3 is 2.41 bits per heavy atom. The molecular weight excluding hydrogens is 214 g/mol. The highest BCUT2D eigenvalue weighted by molar-refractivity contribution is 5.67. The number of carbonyl (C=O) groups is 1. The van der Waals surface area contributed by atoms with E-state index in [2.05, 4.69) is 5.32 Å². The molecule has 0 aliphatic carbocycles. The number of amides is 1. The number of alkyl carbamates (subject to hydrolysis) is 1. The molecule has 94 valence electrons. The first kappa shape index (κ1) is 13.6. The van der Waals surface area contributed by atoms with E-state index in [0.29, 0.717) is 6.61 Å². The van der Waals surface area contributed by atoms with Gasteiger partial charge >= 0.3 is 6.09 Å². The van der Waals surface area contributed by atoms with Crippen LogP contribution in [0.5, 0.6) is 0 Å². The number of rotatable bonds is 3. The predicted octanol–water partition coefficient (Wildman–Crippen LogP) is 3.52. The van der Waals surface area contributed by atoms with Gasteiger partial charge in [0.2, 0.25) is 0 Å². The second-order valence-corrected chi connectivity index (χ2v) is 5.41. The van der Waals surface area contributed by atoms with E-state index in [9.17, 15) is 4.79 Å². The Morgan fingerprint density at radius 1 is 1.29 bits per heavy atom. The maximum absolute atomic E-state index is 11.5. The largest absolute Gasteiger partial charge is 0.449 e. The molecule has 0 heterocycles. The average molecular weight is 235 g/mol. The van der Waals surface area contributed by atoms with E-state index in [1.165, 1.54) is 0 Å². The van der Waals surface area contributed by atoms with Crippen molar-refractivity contribution in [2.75, 3.05) is 6.61 Å². The first-order valence-electron chi connectivity index (χ1n) is 5.87. The molecule has 3 nitrogen and oxygen atoms in total. The van der Waals surface area contributed by atoms with E-state index in [0.717, 1.165) is 5.56 Å². The molecule has 0 saturated carbocycles. The Hall–Kier alpha value is -1.51. The zero-order valence-electron chi connectivity index (χ0n) is 11.0. The van der Waals surface area contributed by atoms with Crippen LogP contribution in [0.1, 0.15) is 39.3 Å². The van der Waals surface area contributed by atoms with Gasteiger partial charge in [0.1, 0.15) is 0 Å². The van der Waals surface area contributed by atoms with Gasteiger partial charge in [-0.3, -0.25) is 0 Å². The summed E-state index contributed by atoms with van der Waals surface area (Å²) in [6, 6.07) is 9.78. The van der Waals surface area contributed by atoms with Crippen molar-refractivity contribution >= 4 is 6.09 Å². The molecule has 0 bridgehead atoms. The monoisotopic (exact) mass is 235 g/mol. The van der Waals surface area contributed by atoms with Crippen LogP contribution in [-0.4, -0.2) is 12.7 Å². The molecule has 1 aromatic rings. The Labute approximate surface area is 103 Å². The summed E-state index contributed by atoms with van der Waals surface area (Å²) >= 11 is 0. The lowest BCUT2D eigenvalue weighted by atomic mass is 9.99. The zero-order valence-corrected chi connectivity index (χ0v) is 11.0. The third kappa shape index (κ3) is 5.38. The molecule has 0 fully saturated rings. The van der Waals surface area contributed by atoms with Crippen molar-refractivity contribution < 1.29 is 9.53 Å². The molecule has 1 atom stereocenters. The van der Waals surface area contributed by atoms with Crippen LogP contribution in [0.3, 0.4) is 0 Å². The fourth-order valence-electron chi connectivity index (χ4n) is 1.33. The van der Waals surface area contributed by atoms with Gasteiger partial charge in [0.25, 0.3) is 0 Å². The highest BCUT2D eigenvalue weighted by Gasteiger charge is 2.15. The van der Waals surface area contributed by atoms with Crippen LogP contribution in [0.15, 0.2) is 30.3 Å². The highest BCUT2D eigenvalue weighted by atomic mass is 16.5. The van der Waals surface area contributed by atoms with Crippen molar-refractivity contribution in [1.82, 2.24) is 5.32 Å². The third-order valence-electron chi connectivity index (χ3n) is 2.27. The molecule has 0 aliphatic heterocycles. The van der Waals surface area contributed by atoms with Crippen LogP contribution in [0.4, 0.5) is 4.79 Å². The first-order chi connectivity index (χ1) is 7.88. The van der Waals surface area contributed by atoms with E-state index in [-0.39, 0.29) is 17.6 Å². The Morgan fingerprint density at radius 2 is 1.88 bits per heavy atom. The van der Waals surface area contributed by atoms with Gasteiger partial charge in [0.05, 0.1) is 12.6 Å². The lowest BCUT2D eigenvalue weighted by molar-refractivity contribution is 0.104. The zero-order chi connectivity index (χ0) is 12.9. The Kier molecular flexibility index (Phi) is 4.55. The summed E-state index contributed by atoms with van der Waals surface area (Å²) in [5, 5.41) is 2.81. The molecule has 0 aromatic heterocycles. The molecule has 3 heteroatoms. The number of ether oxygens (including phenoxy) is 1. The van der Waals surface area contributed by atoms with Gasteiger partial charge in [-0.25, -0.2) is 4.79 Å². The molecule has 0 saturated heterocycles. The van der Waals surface area contributed by atoms with E-state index in [1.54, 1.807) is 0 Å². The van der Waals surface area contributed by atoms with Crippen LogP contribution in [-0.2, 0) is 4.74 Å². The SMILES string of the molecule is CC(NC(=O)OCC(C)(C)C)c1ccccc1. The predicted molar refractivity (Wildman–Crippen MR) is 68.8 cm³/mol. The van der Waals surface area contributed by atoms with Crippen molar-refractivity contribution in [2.24, 2.45) is 5.41 Å². The molecule has 1 N–H and O–H groups in total. The summed E-state index contributed by atoms with van der Waals surface area (Å²) in [4.78, 5) is 11.5. The number of benzene rings is 1. The van der Waals surface area contributed by atoms with Crippen LogP contribution in [0, 0.1) is 5.41 Å². The first-order valence-corrected chi connectivity index (χ1v) is 5.87. The Balaban J connectivity index is 2.42. The van der Waals surface area contributed by atoms with E-state index < -0.39 is 0 Å². The van der Waals surface area contributed by atoms with Gasteiger partial charge in [-0.15, -0.1) is 0 Å². The Bertz CT molecular complexity index is 354. The fourth-order valence-corrected chi connectivity index (χ4v) is 1.33. The van der Waals surface area contributed by atoms with Crippen molar-refractivity contribution in [2.45, 2.75) is 33.7 Å². The summed E-state index contributed by atoms with van der Waals surface area (Å²) in [6.45, 7) is 8.44. The van der Waals surface area contributed by atoms with Crippen molar-refractivity contribution in [3.63, 3.8) is 0 Å². The van der Waals surface area contributed by atoms with Gasteiger partial charge in [0, 0.05) is 0 Å². The fraction of sp³-hybridized carbons (Fsp3) is 0.500. The van der Waals surface area contributed by atoms with Crippen molar-refractivity contribution in [1.29, 1.82) is 0 Å². The van der Waals surface area contributed by atoms with Gasteiger partial charge in [-0.2, -0.15) is 0 Å². The molecule has 0 aliphatic rings. The van der Waals surface area contributed by atoms with Gasteiger partial charge in [0.15, 0.2) is 0 Å². The molecule has 1 unspecified atom stereocenters. The number of hydrogen-bond donors (Lipinski definition) is 1. The maximum Gasteiger partial charge on any atom is 0.407 e. The minimum Gasteiger partial charge on any atom is -0.449 e. The smallest absolute Gasteiger partial charge is 0.407 e. The summed E-state index contributed by atoms with van der Waals surface area (Å²) in [6.07, 6.45) is -0.365. The van der Waals surface area contributed by atoms with Gasteiger partial charge in [-0.1, -0.05) is 51.1 Å². The number of hydrogen-bond acceptors (Lipinski definition) is 2. The molecule has 0 radical (unpaired) electrons. The normalized spacial score (nSPS) is 12.9. The second-order valence-electron chi connectivity index (χ2n) is 5.41. The van der Waals surface area contributed by atoms with Crippen LogP contribution < -0.4 is 5.32 Å². The lowest BCUT2D eigenvalue weighted by Gasteiger charge is -2.20. The van der Waals surface area contributed by atoms with Gasteiger partial charge in [-0.05, 0) is 17.9 Å². The lowest BCUT2D eigenvalue weighted by Crippen LogP contribution is -2.30. The molecule has 1 amide bonds. The number of nitrogens with one attached hydrogen (secondary N) is 1. The van der Waals surface area contributed by atoms with E-state index in [4.69, 9.17) is 4.74 Å². The standard InChI is InChI=1S/C14H21NO2/c1-11(12-8-6-5-7-9-12)15-13(16)17-10-14(2,3)4/h5-9,11H,10H2,1-4H3,(H,15,16). The summed E-state index contributed by atoms with van der Waals surface area (Å²) in [5.74, 6) is 0. The van der Waals surface area contributed by atoms with Crippen molar-refractivity contribution in [3.05, 3.63) is 35.9 Å². The third-order valence-corrected chi connectivity index (χ3v) is 2.27. The van der Waals surface area contributed by atoms with Crippen LogP contribution in [0.2, 0.25) is 0 Å². The van der Waals surface area contributed by atoms with Crippen LogP contribution >= 0.6 is 0 Å². The topological polar surface area (TPSA) is 38.3 Å². The van der Waals surface area contributed by atoms with E-state index in [1.807, 2.05) is 58.0 Å². The molecule has 0 spiro atoms. The van der Waals surface area contributed by atoms with Gasteiger partial charge < -0.3 is 10.1 Å². The summed E-state index contributed by atoms with van der Waals surface area (Å²) in [5.41, 5.74) is 1.06. The maximum atomic E-state index is 11.5. The molecular formula is C14H21NO2. The molecule has 1 aromatic carbocycles. The van der Waals surface area contributed by atoms with E-state index >= 15 is 0 Å². The average Bonchev–Trinajstić information content (AvgIpc) is 2.27. The molecule has 17 heavy (non-hydrogen) atoms. The number of carbonyl (C=O) groups excluding carboxylic acids is 1. The minimum atomic E-state index is -0.365. The summed E-state index contributed by atoms with van der Waals surface area (Å²) in [7, 11) is 0. The van der Waals surface area contributed by atoms with Crippen LogP contribution in [0.25, 0.3) is 0 Å². The quantitative estimate of drug-likeness (QED) is 0.870. The second kappa shape index (κ2) is 5.71. The summed E-state index contributed by atoms with van der Waals surface area (Å²) < 4.78 is 5.15.